The Morgan fingerprint density at radius 1 is 1.44 bits per heavy atom. The summed E-state index contributed by atoms with van der Waals surface area (Å²) in [4.78, 5) is 7.83. The third-order valence-corrected chi connectivity index (χ3v) is 2.66. The quantitative estimate of drug-likeness (QED) is 0.308. The van der Waals surface area contributed by atoms with Gasteiger partial charge in [-0.3, -0.25) is 5.57 Å². The Morgan fingerprint density at radius 2 is 2.12 bits per heavy atom. The summed E-state index contributed by atoms with van der Waals surface area (Å²) in [5, 5.41) is 12.1. The van der Waals surface area contributed by atoms with Gasteiger partial charge in [-0.15, -0.1) is 24.7 Å². The van der Waals surface area contributed by atoms with Gasteiger partial charge in [0.25, 0.3) is 0 Å². The smallest absolute Gasteiger partial charge is 0.911 e. The van der Waals surface area contributed by atoms with E-state index in [0.29, 0.717) is 17.0 Å². The van der Waals surface area contributed by atoms with E-state index in [1.54, 1.807) is 18.3 Å². The van der Waals surface area contributed by atoms with Crippen LogP contribution in [0.5, 0.6) is 5.88 Å². The summed E-state index contributed by atoms with van der Waals surface area (Å²) in [5.41, 5.74) is 1.00. The number of aliphatic imine (C=N–C) groups is 1. The molecule has 1 N–H and O–H groups in total. The third kappa shape index (κ3) is 11.2. The van der Waals surface area contributed by atoms with E-state index in [1.165, 1.54) is 0 Å². The average molecular weight is 322 g/mol. The Hall–Kier alpha value is -1.08. The molecule has 0 aliphatic heterocycles. The Kier molecular flexibility index (Phi) is 17.2. The van der Waals surface area contributed by atoms with Crippen molar-refractivity contribution >= 4 is 18.0 Å². The van der Waals surface area contributed by atoms with Crippen LogP contribution >= 0.6 is 0 Å². The molecule has 2 rings (SSSR count). The molecule has 0 saturated heterocycles. The summed E-state index contributed by atoms with van der Waals surface area (Å²) in [6, 6.07) is 3.53. The maximum absolute atomic E-state index is 9.22. The van der Waals surface area contributed by atoms with E-state index in [4.69, 9.17) is 11.3 Å². The maximum Gasteiger partial charge on any atom is 1.00 e. The number of pyridine rings is 1. The zero-order valence-electron chi connectivity index (χ0n) is 15.0. The van der Waals surface area contributed by atoms with Gasteiger partial charge < -0.3 is 53.2 Å². The zero-order chi connectivity index (χ0) is 16.9. The number of hydrogen-bond donors (Lipinski definition) is 1. The molecule has 1 aromatic rings. The molecule has 1 aliphatic carbocycles. The molecule has 0 aromatic carbocycles. The van der Waals surface area contributed by atoms with Gasteiger partial charge in [0.15, 0.2) is 0 Å². The van der Waals surface area contributed by atoms with Crippen LogP contribution in [0.25, 0.3) is 11.0 Å². The molecule has 0 bridgehead atoms. The summed E-state index contributed by atoms with van der Waals surface area (Å²) in [6.07, 6.45) is 11.0. The van der Waals surface area contributed by atoms with Gasteiger partial charge in [-0.25, -0.2) is 4.98 Å². The molecular formula is C18H20Li2N4O-4. The largest absolute Gasteiger partial charge is 1.00 e. The van der Waals surface area contributed by atoms with Gasteiger partial charge >= 0.3 is 37.7 Å². The van der Waals surface area contributed by atoms with E-state index in [1.807, 2.05) is 0 Å². The van der Waals surface area contributed by atoms with Crippen LogP contribution in [0.1, 0.15) is 18.4 Å². The van der Waals surface area contributed by atoms with E-state index in [2.05, 4.69) is 41.6 Å². The Balaban J connectivity index is 0. The molecule has 0 radical (unpaired) electrons. The summed E-state index contributed by atoms with van der Waals surface area (Å²) in [5.74, 6) is 0.472. The average Bonchev–Trinajstić information content (AvgIpc) is 3.38. The fourth-order valence-corrected chi connectivity index (χ4v) is 1.45. The fraction of sp³-hybridized carbons (Fsp3) is 0.278. The predicted molar refractivity (Wildman–Crippen MR) is 93.8 cm³/mol. The third-order valence-electron chi connectivity index (χ3n) is 2.66. The number of nitrogens with zero attached hydrogens (tertiary/aromatic N) is 3. The molecule has 7 heteroatoms. The molecule has 0 amide bonds. The van der Waals surface area contributed by atoms with Crippen molar-refractivity contribution < 1.29 is 42.5 Å². The second-order valence-corrected chi connectivity index (χ2v) is 4.49. The molecule has 1 aromatic heterocycles. The van der Waals surface area contributed by atoms with Crippen LogP contribution in [0.3, 0.4) is 0 Å². The predicted octanol–water partition coefficient (Wildman–Crippen LogP) is -3.40. The molecule has 1 saturated carbocycles. The minimum absolute atomic E-state index is 0. The molecular weight excluding hydrogens is 302 g/mol. The Labute approximate surface area is 175 Å². The monoisotopic (exact) mass is 322 g/mol. The van der Waals surface area contributed by atoms with Crippen molar-refractivity contribution in [3.63, 3.8) is 0 Å². The summed E-state index contributed by atoms with van der Waals surface area (Å²) in [7, 11) is 0. The second-order valence-electron chi connectivity index (χ2n) is 4.49. The Morgan fingerprint density at radius 3 is 2.60 bits per heavy atom. The van der Waals surface area contributed by atoms with Crippen LogP contribution in [0.15, 0.2) is 29.4 Å². The standard InChI is InChI=1S/C14H11N3O.C4H9N.2Li/c1-2-7-16-10-11(9-15)13-4-3-8-17-14(13)18-12-5-6-12;1-3-5-4-2;;/h1-4,8-9,12H,5-6H2;5H,1-4H2;;/q-4;-2;2*+1. The molecule has 0 spiro atoms. The van der Waals surface area contributed by atoms with Crippen molar-refractivity contribution in [3.05, 3.63) is 62.0 Å². The van der Waals surface area contributed by atoms with E-state index in [0.717, 1.165) is 38.2 Å². The van der Waals surface area contributed by atoms with E-state index in [9.17, 15) is 5.41 Å². The van der Waals surface area contributed by atoms with Crippen LogP contribution in [-0.4, -0.2) is 36.6 Å². The molecule has 124 valence electrons. The van der Waals surface area contributed by atoms with Gasteiger partial charge in [0.1, 0.15) is 5.88 Å². The fourth-order valence-electron chi connectivity index (χ4n) is 1.45. The number of hydrogen-bond acceptors (Lipinski definition) is 4. The normalized spacial score (nSPS) is 13.0. The summed E-state index contributed by atoms with van der Waals surface area (Å²) in [6.45, 7) is 13.7. The van der Waals surface area contributed by atoms with Crippen molar-refractivity contribution in [3.8, 4) is 5.88 Å². The first-order chi connectivity index (χ1) is 11.3. The Bertz CT molecular complexity index is 556. The summed E-state index contributed by atoms with van der Waals surface area (Å²) >= 11 is 0. The molecule has 0 atom stereocenters. The van der Waals surface area contributed by atoms with Crippen LogP contribution in [0.2, 0.25) is 0 Å². The number of aromatic nitrogens is 1. The van der Waals surface area contributed by atoms with Gasteiger partial charge in [-0.2, -0.15) is 12.4 Å². The van der Waals surface area contributed by atoms with Crippen molar-refractivity contribution in [2.45, 2.75) is 18.9 Å². The van der Waals surface area contributed by atoms with Gasteiger partial charge in [0, 0.05) is 6.20 Å². The van der Waals surface area contributed by atoms with Crippen LogP contribution in [-0.2, 0) is 0 Å². The van der Waals surface area contributed by atoms with Crippen molar-refractivity contribution in [2.75, 3.05) is 13.1 Å². The van der Waals surface area contributed by atoms with Crippen LogP contribution < -0.4 is 47.8 Å². The molecule has 25 heavy (non-hydrogen) atoms. The number of ether oxygens (including phenoxy) is 1. The van der Waals surface area contributed by atoms with Gasteiger partial charge in [0.05, 0.1) is 6.10 Å². The van der Waals surface area contributed by atoms with Crippen LogP contribution in [0, 0.1) is 26.6 Å². The minimum atomic E-state index is 0. The number of rotatable bonds is 8. The van der Waals surface area contributed by atoms with Crippen molar-refractivity contribution in [2.24, 2.45) is 4.99 Å². The maximum atomic E-state index is 9.22. The number of allylic oxidation sites excluding steroid dienone is 2. The summed E-state index contributed by atoms with van der Waals surface area (Å²) < 4.78 is 5.65. The second kappa shape index (κ2) is 16.4. The topological polar surface area (TPSA) is 68.8 Å². The van der Waals surface area contributed by atoms with E-state index >= 15 is 0 Å². The van der Waals surface area contributed by atoms with Crippen molar-refractivity contribution in [1.82, 2.24) is 10.3 Å². The first-order valence-corrected chi connectivity index (χ1v) is 7.27. The van der Waals surface area contributed by atoms with Gasteiger partial charge in [-0.1, -0.05) is 6.07 Å². The molecule has 1 aliphatic rings. The SMILES string of the molecule is [CH-]=C[C-]=N[C-]=C(C=[N-])c1cccnc1OC1CC1.[CH2-]CNC[CH2-].[Li+].[Li+]. The molecule has 0 unspecified atom stereocenters. The number of nitrogens with one attached hydrogen (secondary N) is 1. The van der Waals surface area contributed by atoms with Gasteiger partial charge in [-0.05, 0) is 12.8 Å². The van der Waals surface area contributed by atoms with Crippen LogP contribution in [0.4, 0.5) is 0 Å². The van der Waals surface area contributed by atoms with Gasteiger partial charge in [0.2, 0.25) is 0 Å². The zero-order valence-corrected chi connectivity index (χ0v) is 15.0. The van der Waals surface area contributed by atoms with E-state index < -0.39 is 0 Å². The first kappa shape index (κ1) is 26.2. The molecule has 1 heterocycles. The molecule has 1 fully saturated rings. The van der Waals surface area contributed by atoms with Crippen molar-refractivity contribution in [1.29, 1.82) is 0 Å². The molecule has 5 nitrogen and oxygen atoms in total. The minimum Gasteiger partial charge on any atom is -0.911 e. The van der Waals surface area contributed by atoms with E-state index in [-0.39, 0.29) is 43.8 Å². The first-order valence-electron chi connectivity index (χ1n) is 7.27.